The molecule has 3 saturated heterocycles. The van der Waals surface area contributed by atoms with Crippen molar-refractivity contribution in [1.29, 1.82) is 0 Å². The molecule has 0 aromatic heterocycles. The van der Waals surface area contributed by atoms with E-state index in [4.69, 9.17) is 18.9 Å². The van der Waals surface area contributed by atoms with Crippen LogP contribution in [0.5, 0.6) is 0 Å². The lowest BCUT2D eigenvalue weighted by molar-refractivity contribution is -0.235. The molecule has 1 spiro atoms. The molecule has 0 aliphatic carbocycles. The Morgan fingerprint density at radius 3 is 2.65 bits per heavy atom. The van der Waals surface area contributed by atoms with E-state index in [9.17, 15) is 9.59 Å². The molecule has 3 aliphatic rings. The first-order valence-corrected chi connectivity index (χ1v) is 5.68. The Morgan fingerprint density at radius 1 is 1.24 bits per heavy atom. The molecule has 3 atom stereocenters. The molecule has 0 amide bonds. The summed E-state index contributed by atoms with van der Waals surface area (Å²) in [6, 6.07) is 0. The third-order valence-corrected chi connectivity index (χ3v) is 3.24. The maximum absolute atomic E-state index is 12.3. The normalized spacial score (nSPS) is 43.9. The van der Waals surface area contributed by atoms with Crippen LogP contribution in [0.3, 0.4) is 0 Å². The first-order valence-electron chi connectivity index (χ1n) is 5.68. The number of esters is 1. The topological polar surface area (TPSA) is 71.1 Å². The van der Waals surface area contributed by atoms with Gasteiger partial charge in [0.2, 0.25) is 5.78 Å². The van der Waals surface area contributed by atoms with Gasteiger partial charge in [0.15, 0.2) is 11.9 Å². The molecular formula is C11H14O6. The maximum Gasteiger partial charge on any atom is 0.308 e. The average Bonchev–Trinajstić information content (AvgIpc) is 2.75. The van der Waals surface area contributed by atoms with Crippen LogP contribution in [0.2, 0.25) is 0 Å². The van der Waals surface area contributed by atoms with Gasteiger partial charge in [-0.05, 0) is 13.8 Å². The van der Waals surface area contributed by atoms with E-state index < -0.39 is 29.8 Å². The minimum absolute atomic E-state index is 0.202. The highest BCUT2D eigenvalue weighted by molar-refractivity contribution is 5.95. The predicted octanol–water partition coefficient (Wildman–Crippen LogP) is 0.139. The highest BCUT2D eigenvalue weighted by atomic mass is 16.8. The van der Waals surface area contributed by atoms with Crippen LogP contribution in [-0.4, -0.2) is 42.1 Å². The van der Waals surface area contributed by atoms with Crippen molar-refractivity contribution >= 4 is 11.8 Å². The van der Waals surface area contributed by atoms with Gasteiger partial charge in [-0.3, -0.25) is 9.59 Å². The van der Waals surface area contributed by atoms with Crippen molar-refractivity contribution in [3.05, 3.63) is 0 Å². The quantitative estimate of drug-likeness (QED) is 0.563. The second kappa shape index (κ2) is 3.28. The largest absolute Gasteiger partial charge is 0.425 e. The van der Waals surface area contributed by atoms with Crippen LogP contribution in [0.25, 0.3) is 0 Å². The average molecular weight is 242 g/mol. The van der Waals surface area contributed by atoms with E-state index in [1.165, 1.54) is 0 Å². The summed E-state index contributed by atoms with van der Waals surface area (Å²) in [4.78, 5) is 23.4. The Bertz CT molecular complexity index is 389. The molecule has 3 heterocycles. The fourth-order valence-corrected chi connectivity index (χ4v) is 2.51. The number of carbonyl (C=O) groups excluding carboxylic acids is 2. The zero-order valence-electron chi connectivity index (χ0n) is 9.73. The molecule has 6 nitrogen and oxygen atoms in total. The Labute approximate surface area is 98.1 Å². The first kappa shape index (κ1) is 11.1. The molecule has 0 aromatic rings. The second-order valence-corrected chi connectivity index (χ2v) is 5.00. The molecule has 0 saturated carbocycles. The lowest BCUT2D eigenvalue weighted by Crippen LogP contribution is -2.56. The Balaban J connectivity index is 1.85. The van der Waals surface area contributed by atoms with Crippen LogP contribution in [0, 0.1) is 0 Å². The van der Waals surface area contributed by atoms with E-state index in [0.29, 0.717) is 0 Å². The lowest BCUT2D eigenvalue weighted by atomic mass is 9.97. The van der Waals surface area contributed by atoms with E-state index in [2.05, 4.69) is 0 Å². The van der Waals surface area contributed by atoms with Gasteiger partial charge in [0, 0.05) is 6.42 Å². The van der Waals surface area contributed by atoms with E-state index >= 15 is 0 Å². The van der Waals surface area contributed by atoms with E-state index in [0.717, 1.165) is 0 Å². The predicted molar refractivity (Wildman–Crippen MR) is 52.8 cm³/mol. The molecule has 0 N–H and O–H groups in total. The van der Waals surface area contributed by atoms with Crippen molar-refractivity contribution in [3.8, 4) is 0 Å². The number of hydrogen-bond acceptors (Lipinski definition) is 6. The number of Topliss-reactive ketones (excluding diaryl/α,β-unsaturated/α-hetero) is 1. The Kier molecular flexibility index (Phi) is 2.14. The highest BCUT2D eigenvalue weighted by Crippen LogP contribution is 2.40. The van der Waals surface area contributed by atoms with Crippen LogP contribution in [0.1, 0.15) is 26.7 Å². The molecule has 6 heteroatoms. The van der Waals surface area contributed by atoms with Gasteiger partial charge in [0.1, 0.15) is 6.10 Å². The third kappa shape index (κ3) is 1.59. The fourth-order valence-electron chi connectivity index (χ4n) is 2.51. The van der Waals surface area contributed by atoms with Crippen molar-refractivity contribution in [2.45, 2.75) is 50.5 Å². The van der Waals surface area contributed by atoms with Gasteiger partial charge in [0.05, 0.1) is 13.0 Å². The van der Waals surface area contributed by atoms with Crippen molar-refractivity contribution in [2.24, 2.45) is 0 Å². The van der Waals surface area contributed by atoms with E-state index in [1.54, 1.807) is 13.8 Å². The van der Waals surface area contributed by atoms with Gasteiger partial charge in [-0.2, -0.15) is 0 Å². The fraction of sp³-hybridized carbons (Fsp3) is 0.818. The molecule has 0 unspecified atom stereocenters. The second-order valence-electron chi connectivity index (χ2n) is 5.00. The summed E-state index contributed by atoms with van der Waals surface area (Å²) in [5.74, 6) is -2.98. The smallest absolute Gasteiger partial charge is 0.308 e. The van der Waals surface area contributed by atoms with Crippen molar-refractivity contribution in [3.63, 3.8) is 0 Å². The number of carbonyl (C=O) groups is 2. The molecule has 0 aromatic carbocycles. The lowest BCUT2D eigenvalue weighted by Gasteiger charge is -2.34. The minimum Gasteiger partial charge on any atom is -0.425 e. The number of fused-ring (bicyclic) bond motifs is 1. The van der Waals surface area contributed by atoms with Gasteiger partial charge >= 0.3 is 5.97 Å². The maximum atomic E-state index is 12.3. The van der Waals surface area contributed by atoms with Crippen LogP contribution in [-0.2, 0) is 28.5 Å². The van der Waals surface area contributed by atoms with Crippen LogP contribution < -0.4 is 0 Å². The number of ketones is 1. The molecule has 3 rings (SSSR count). The number of ether oxygens (including phenoxy) is 4. The Morgan fingerprint density at radius 2 is 2.00 bits per heavy atom. The van der Waals surface area contributed by atoms with Crippen molar-refractivity contribution in [1.82, 2.24) is 0 Å². The van der Waals surface area contributed by atoms with Gasteiger partial charge < -0.3 is 18.9 Å². The van der Waals surface area contributed by atoms with Crippen molar-refractivity contribution < 1.29 is 28.5 Å². The highest BCUT2D eigenvalue weighted by Gasteiger charge is 2.60. The zero-order chi connectivity index (χ0) is 12.3. The number of rotatable bonds is 0. The molecule has 0 radical (unpaired) electrons. The van der Waals surface area contributed by atoms with Gasteiger partial charge in [-0.25, -0.2) is 0 Å². The summed E-state index contributed by atoms with van der Waals surface area (Å²) >= 11 is 0. The molecule has 3 fully saturated rings. The van der Waals surface area contributed by atoms with Gasteiger partial charge in [0.25, 0.3) is 5.79 Å². The Hall–Kier alpha value is -0.980. The summed E-state index contributed by atoms with van der Waals surface area (Å²) < 4.78 is 21.5. The van der Waals surface area contributed by atoms with Crippen LogP contribution in [0.4, 0.5) is 0 Å². The summed E-state index contributed by atoms with van der Waals surface area (Å²) in [5.41, 5.74) is 0. The standard InChI is InChI=1S/C11H14O6/c1-10(2)15-6-5-14-11(4-3-7(12)16-11)9(13)8(6)17-10/h6,8H,3-5H2,1-2H3/t6-,8-,11+/m1/s1. The summed E-state index contributed by atoms with van der Waals surface area (Å²) in [7, 11) is 0. The third-order valence-electron chi connectivity index (χ3n) is 3.24. The molecule has 17 heavy (non-hydrogen) atoms. The van der Waals surface area contributed by atoms with Crippen LogP contribution >= 0.6 is 0 Å². The van der Waals surface area contributed by atoms with Gasteiger partial charge in [-0.1, -0.05) is 0 Å². The summed E-state index contributed by atoms with van der Waals surface area (Å²) in [5, 5.41) is 0. The SMILES string of the molecule is CC1(C)O[C@@H]2CO[C@]3(CCC(=O)O3)C(=O)[C@@H]2O1. The summed E-state index contributed by atoms with van der Waals surface area (Å²) in [6.45, 7) is 3.69. The van der Waals surface area contributed by atoms with E-state index in [1.807, 2.05) is 0 Å². The minimum atomic E-state index is -1.43. The van der Waals surface area contributed by atoms with Crippen molar-refractivity contribution in [2.75, 3.05) is 6.61 Å². The summed E-state index contributed by atoms with van der Waals surface area (Å²) in [6.07, 6.45) is -0.655. The first-order chi connectivity index (χ1) is 7.92. The zero-order valence-corrected chi connectivity index (χ0v) is 9.73. The van der Waals surface area contributed by atoms with E-state index in [-0.39, 0.29) is 25.2 Å². The molecule has 0 bridgehead atoms. The van der Waals surface area contributed by atoms with Gasteiger partial charge in [-0.15, -0.1) is 0 Å². The monoisotopic (exact) mass is 242 g/mol. The van der Waals surface area contributed by atoms with Crippen LogP contribution in [0.15, 0.2) is 0 Å². The number of hydrogen-bond donors (Lipinski definition) is 0. The molecule has 3 aliphatic heterocycles. The molecular weight excluding hydrogens is 228 g/mol. The molecule has 94 valence electrons.